The highest BCUT2D eigenvalue weighted by atomic mass is 16.5. The normalized spacial score (nSPS) is 19.7. The molecule has 2 aliphatic rings. The summed E-state index contributed by atoms with van der Waals surface area (Å²) in [5.74, 6) is -1.08. The molecule has 2 aromatic rings. The van der Waals surface area contributed by atoms with Crippen molar-refractivity contribution in [1.29, 1.82) is 0 Å². The Hall–Kier alpha value is -3.15. The number of carbonyl (C=O) groups excluding carboxylic acids is 3. The summed E-state index contributed by atoms with van der Waals surface area (Å²) in [5.41, 5.74) is 3.18. The molecule has 1 N–H and O–H groups in total. The van der Waals surface area contributed by atoms with Crippen molar-refractivity contribution < 1.29 is 19.1 Å². The van der Waals surface area contributed by atoms with Gasteiger partial charge in [-0.1, -0.05) is 18.2 Å². The van der Waals surface area contributed by atoms with Gasteiger partial charge in [0.25, 0.3) is 0 Å². The van der Waals surface area contributed by atoms with Gasteiger partial charge < -0.3 is 15.0 Å². The van der Waals surface area contributed by atoms with Gasteiger partial charge in [-0.3, -0.25) is 9.59 Å². The van der Waals surface area contributed by atoms with Crippen molar-refractivity contribution in [2.45, 2.75) is 19.8 Å². The SMILES string of the molecule is CCOC(=O)c1ccc(NC(=O)C2CC2C(=O)N2CCc3ccccc32)cc1. The average molecular weight is 378 g/mol. The zero-order chi connectivity index (χ0) is 19.7. The molecule has 0 saturated heterocycles. The maximum Gasteiger partial charge on any atom is 0.338 e. The van der Waals surface area contributed by atoms with E-state index in [1.807, 2.05) is 24.3 Å². The minimum absolute atomic E-state index is 0.0303. The number of carbonyl (C=O) groups is 3. The van der Waals surface area contributed by atoms with Crippen molar-refractivity contribution in [1.82, 2.24) is 0 Å². The topological polar surface area (TPSA) is 75.7 Å². The lowest BCUT2D eigenvalue weighted by Gasteiger charge is -2.17. The summed E-state index contributed by atoms with van der Waals surface area (Å²) in [7, 11) is 0. The predicted molar refractivity (Wildman–Crippen MR) is 105 cm³/mol. The Labute approximate surface area is 163 Å². The van der Waals surface area contributed by atoms with Gasteiger partial charge in [-0.15, -0.1) is 0 Å². The van der Waals surface area contributed by atoms with Crippen LogP contribution in [0.3, 0.4) is 0 Å². The van der Waals surface area contributed by atoms with Crippen LogP contribution in [0.2, 0.25) is 0 Å². The smallest absolute Gasteiger partial charge is 0.338 e. The minimum atomic E-state index is -0.390. The van der Waals surface area contributed by atoms with Gasteiger partial charge in [0.2, 0.25) is 11.8 Å². The standard InChI is InChI=1S/C22H22N2O4/c1-2-28-22(27)15-7-9-16(10-8-15)23-20(25)17-13-18(17)21(26)24-12-11-14-5-3-4-6-19(14)24/h3-10,17-18H,2,11-13H2,1H3,(H,23,25). The van der Waals surface area contributed by atoms with Crippen molar-refractivity contribution >= 4 is 29.2 Å². The van der Waals surface area contributed by atoms with Crippen LogP contribution in [0.1, 0.15) is 29.3 Å². The molecule has 1 aliphatic heterocycles. The maximum atomic E-state index is 12.8. The van der Waals surface area contributed by atoms with Gasteiger partial charge in [0.15, 0.2) is 0 Å². The van der Waals surface area contributed by atoms with Gasteiger partial charge >= 0.3 is 5.97 Å². The fourth-order valence-electron chi connectivity index (χ4n) is 3.66. The van der Waals surface area contributed by atoms with Crippen molar-refractivity contribution in [2.75, 3.05) is 23.4 Å². The van der Waals surface area contributed by atoms with Gasteiger partial charge in [-0.25, -0.2) is 4.79 Å². The molecule has 0 radical (unpaired) electrons. The Morgan fingerprint density at radius 2 is 1.82 bits per heavy atom. The van der Waals surface area contributed by atoms with Gasteiger partial charge in [0, 0.05) is 17.9 Å². The van der Waals surface area contributed by atoms with Crippen LogP contribution >= 0.6 is 0 Å². The zero-order valence-electron chi connectivity index (χ0n) is 15.7. The van der Waals surface area contributed by atoms with Crippen LogP contribution in [0, 0.1) is 11.8 Å². The summed E-state index contributed by atoms with van der Waals surface area (Å²) >= 11 is 0. The van der Waals surface area contributed by atoms with Crippen LogP contribution in [-0.2, 0) is 20.7 Å². The number of nitrogens with zero attached hydrogens (tertiary/aromatic N) is 1. The Morgan fingerprint density at radius 1 is 1.07 bits per heavy atom. The van der Waals surface area contributed by atoms with E-state index in [2.05, 4.69) is 5.32 Å². The lowest BCUT2D eigenvalue weighted by atomic mass is 10.2. The monoisotopic (exact) mass is 378 g/mol. The summed E-state index contributed by atoms with van der Waals surface area (Å²) in [4.78, 5) is 38.8. The van der Waals surface area contributed by atoms with Gasteiger partial charge in [0.1, 0.15) is 0 Å². The summed E-state index contributed by atoms with van der Waals surface area (Å²) in [6.45, 7) is 2.74. The molecule has 2 unspecified atom stereocenters. The minimum Gasteiger partial charge on any atom is -0.462 e. The van der Waals surface area contributed by atoms with E-state index >= 15 is 0 Å². The van der Waals surface area contributed by atoms with Crippen LogP contribution in [0.25, 0.3) is 0 Å². The molecule has 2 amide bonds. The maximum absolute atomic E-state index is 12.8. The quantitative estimate of drug-likeness (QED) is 0.812. The Bertz CT molecular complexity index is 922. The number of fused-ring (bicyclic) bond motifs is 1. The number of ether oxygens (including phenoxy) is 1. The predicted octanol–water partition coefficient (Wildman–Crippen LogP) is 3.03. The number of esters is 1. The Morgan fingerprint density at radius 3 is 2.57 bits per heavy atom. The van der Waals surface area contributed by atoms with Gasteiger partial charge in [-0.2, -0.15) is 0 Å². The molecular formula is C22H22N2O4. The number of nitrogens with one attached hydrogen (secondary N) is 1. The van der Waals surface area contributed by atoms with Crippen molar-refractivity contribution in [2.24, 2.45) is 11.8 Å². The third kappa shape index (κ3) is 3.50. The first kappa shape index (κ1) is 18.2. The first-order chi connectivity index (χ1) is 13.6. The molecular weight excluding hydrogens is 356 g/mol. The highest BCUT2D eigenvalue weighted by molar-refractivity contribution is 6.05. The van der Waals surface area contributed by atoms with E-state index in [-0.39, 0.29) is 29.6 Å². The molecule has 2 atom stereocenters. The molecule has 0 spiro atoms. The van der Waals surface area contributed by atoms with Crippen LogP contribution < -0.4 is 10.2 Å². The third-order valence-electron chi connectivity index (χ3n) is 5.26. The number of benzene rings is 2. The van der Waals surface area contributed by atoms with E-state index in [4.69, 9.17) is 4.74 Å². The molecule has 4 rings (SSSR count). The van der Waals surface area contributed by atoms with Gasteiger partial charge in [-0.05, 0) is 55.7 Å². The second-order valence-corrected chi connectivity index (χ2v) is 7.10. The van der Waals surface area contributed by atoms with Crippen molar-refractivity contribution in [3.05, 3.63) is 59.7 Å². The van der Waals surface area contributed by atoms with E-state index in [0.717, 1.165) is 12.1 Å². The molecule has 1 heterocycles. The molecule has 1 aliphatic carbocycles. The molecule has 0 bridgehead atoms. The number of hydrogen-bond donors (Lipinski definition) is 1. The summed E-state index contributed by atoms with van der Waals surface area (Å²) < 4.78 is 4.94. The van der Waals surface area contributed by atoms with E-state index in [0.29, 0.717) is 30.8 Å². The lowest BCUT2D eigenvalue weighted by Crippen LogP contribution is -2.31. The highest BCUT2D eigenvalue weighted by Crippen LogP contribution is 2.43. The largest absolute Gasteiger partial charge is 0.462 e. The number of anilines is 2. The van der Waals surface area contributed by atoms with Gasteiger partial charge in [0.05, 0.1) is 24.0 Å². The Kier molecular flexibility index (Phi) is 4.86. The van der Waals surface area contributed by atoms with Crippen LogP contribution in [0.15, 0.2) is 48.5 Å². The summed E-state index contributed by atoms with van der Waals surface area (Å²) in [5, 5.41) is 2.83. The summed E-state index contributed by atoms with van der Waals surface area (Å²) in [6.07, 6.45) is 1.43. The molecule has 1 saturated carbocycles. The second-order valence-electron chi connectivity index (χ2n) is 7.10. The van der Waals surface area contributed by atoms with Crippen LogP contribution in [0.5, 0.6) is 0 Å². The molecule has 28 heavy (non-hydrogen) atoms. The molecule has 6 heteroatoms. The number of hydrogen-bond acceptors (Lipinski definition) is 4. The number of para-hydroxylation sites is 1. The Balaban J connectivity index is 1.35. The zero-order valence-corrected chi connectivity index (χ0v) is 15.7. The van der Waals surface area contributed by atoms with Crippen LogP contribution in [0.4, 0.5) is 11.4 Å². The first-order valence-corrected chi connectivity index (χ1v) is 9.56. The third-order valence-corrected chi connectivity index (χ3v) is 5.26. The lowest BCUT2D eigenvalue weighted by molar-refractivity contribution is -0.123. The van der Waals surface area contributed by atoms with E-state index in [1.165, 1.54) is 5.56 Å². The number of rotatable bonds is 5. The fraction of sp³-hybridized carbons (Fsp3) is 0.318. The second kappa shape index (κ2) is 7.46. The van der Waals surface area contributed by atoms with Crippen molar-refractivity contribution in [3.8, 4) is 0 Å². The molecule has 144 valence electrons. The summed E-state index contributed by atoms with van der Waals surface area (Å²) in [6, 6.07) is 14.5. The highest BCUT2D eigenvalue weighted by Gasteiger charge is 2.50. The van der Waals surface area contributed by atoms with E-state index in [9.17, 15) is 14.4 Å². The molecule has 0 aromatic heterocycles. The fourth-order valence-corrected chi connectivity index (χ4v) is 3.66. The molecule has 6 nitrogen and oxygen atoms in total. The molecule has 2 aromatic carbocycles. The van der Waals surface area contributed by atoms with E-state index in [1.54, 1.807) is 36.1 Å². The van der Waals surface area contributed by atoms with Crippen LogP contribution in [-0.4, -0.2) is 30.9 Å². The first-order valence-electron chi connectivity index (χ1n) is 9.56. The average Bonchev–Trinajstić information content (AvgIpc) is 3.40. The van der Waals surface area contributed by atoms with E-state index < -0.39 is 0 Å². The number of amides is 2. The molecule has 1 fully saturated rings. The van der Waals surface area contributed by atoms with Crippen molar-refractivity contribution in [3.63, 3.8) is 0 Å².